The molecule has 2 rings (SSSR count). The molecule has 0 saturated carbocycles. The zero-order valence-electron chi connectivity index (χ0n) is 12.8. The Kier molecular flexibility index (Phi) is 5.56. The fourth-order valence-corrected chi connectivity index (χ4v) is 2.58. The highest BCUT2D eigenvalue weighted by molar-refractivity contribution is 5.89. The first-order valence-electron chi connectivity index (χ1n) is 7.64. The summed E-state index contributed by atoms with van der Waals surface area (Å²) in [5.74, 6) is -0.308. The van der Waals surface area contributed by atoms with E-state index in [1.165, 1.54) is 18.9 Å². The second-order valence-electron chi connectivity index (χ2n) is 5.68. The summed E-state index contributed by atoms with van der Waals surface area (Å²) in [6.45, 7) is 6.87. The van der Waals surface area contributed by atoms with Crippen molar-refractivity contribution < 1.29 is 9.18 Å². The Labute approximate surface area is 125 Å². The molecule has 0 unspecified atom stereocenters. The third kappa shape index (κ3) is 4.70. The van der Waals surface area contributed by atoms with Crippen molar-refractivity contribution in [2.45, 2.75) is 39.2 Å². The number of amides is 2. The van der Waals surface area contributed by atoms with Crippen LogP contribution < -0.4 is 10.6 Å². The summed E-state index contributed by atoms with van der Waals surface area (Å²) in [4.78, 5) is 14.4. The maximum atomic E-state index is 13.5. The Hall–Kier alpha value is -1.62. The molecule has 4 nitrogen and oxygen atoms in total. The topological polar surface area (TPSA) is 44.4 Å². The Morgan fingerprint density at radius 1 is 1.38 bits per heavy atom. The molecule has 21 heavy (non-hydrogen) atoms. The van der Waals surface area contributed by atoms with Gasteiger partial charge in [-0.25, -0.2) is 9.18 Å². The van der Waals surface area contributed by atoms with E-state index >= 15 is 0 Å². The number of hydrogen-bond donors (Lipinski definition) is 2. The molecular weight excluding hydrogens is 269 g/mol. The largest absolute Gasteiger partial charge is 0.334 e. The minimum Gasteiger partial charge on any atom is -0.334 e. The Morgan fingerprint density at radius 2 is 2.10 bits per heavy atom. The van der Waals surface area contributed by atoms with Crippen LogP contribution >= 0.6 is 0 Å². The molecular formula is C16H24FN3O. The van der Waals surface area contributed by atoms with Crippen LogP contribution in [-0.4, -0.2) is 36.6 Å². The van der Waals surface area contributed by atoms with Gasteiger partial charge >= 0.3 is 6.03 Å². The number of nitrogens with one attached hydrogen (secondary N) is 2. The number of hydrogen-bond acceptors (Lipinski definition) is 2. The number of urea groups is 1. The van der Waals surface area contributed by atoms with E-state index in [1.54, 1.807) is 19.1 Å². The smallest absolute Gasteiger partial charge is 0.319 e. The average Bonchev–Trinajstić information content (AvgIpc) is 2.95. The van der Waals surface area contributed by atoms with Crippen LogP contribution in [0.25, 0.3) is 0 Å². The van der Waals surface area contributed by atoms with Gasteiger partial charge in [-0.15, -0.1) is 0 Å². The molecule has 0 spiro atoms. The monoisotopic (exact) mass is 293 g/mol. The minimum atomic E-state index is -0.308. The number of anilines is 1. The number of aryl methyl sites for hydroxylation is 1. The molecule has 0 aromatic heterocycles. The van der Waals surface area contributed by atoms with Crippen molar-refractivity contribution in [3.8, 4) is 0 Å². The third-order valence-corrected chi connectivity index (χ3v) is 3.93. The van der Waals surface area contributed by atoms with E-state index < -0.39 is 0 Å². The van der Waals surface area contributed by atoms with Crippen molar-refractivity contribution >= 4 is 11.7 Å². The Morgan fingerprint density at radius 3 is 2.71 bits per heavy atom. The molecule has 1 atom stereocenters. The van der Waals surface area contributed by atoms with Crippen LogP contribution in [0.2, 0.25) is 0 Å². The van der Waals surface area contributed by atoms with Crippen LogP contribution in [0.4, 0.5) is 14.9 Å². The maximum Gasteiger partial charge on any atom is 0.319 e. The first-order chi connectivity index (χ1) is 10.1. The molecule has 5 heteroatoms. The van der Waals surface area contributed by atoms with Crippen LogP contribution in [-0.2, 0) is 0 Å². The minimum absolute atomic E-state index is 0.124. The number of benzene rings is 1. The number of nitrogens with zero attached hydrogens (tertiary/aromatic N) is 1. The van der Waals surface area contributed by atoms with Gasteiger partial charge in [0.1, 0.15) is 5.82 Å². The first kappa shape index (κ1) is 15.8. The van der Waals surface area contributed by atoms with Crippen molar-refractivity contribution in [1.82, 2.24) is 10.2 Å². The van der Waals surface area contributed by atoms with E-state index in [-0.39, 0.29) is 17.9 Å². The number of likely N-dealkylation sites (tertiary alicyclic amines) is 1. The lowest BCUT2D eigenvalue weighted by Crippen LogP contribution is -2.44. The Bertz CT molecular complexity index is 486. The number of carbonyl (C=O) groups excluding carboxylic acids is 1. The number of carbonyl (C=O) groups is 1. The van der Waals surface area contributed by atoms with E-state index in [0.717, 1.165) is 26.1 Å². The molecule has 1 heterocycles. The molecule has 116 valence electrons. The van der Waals surface area contributed by atoms with Crippen molar-refractivity contribution in [1.29, 1.82) is 0 Å². The highest BCUT2D eigenvalue weighted by Crippen LogP contribution is 2.13. The van der Waals surface area contributed by atoms with Crippen LogP contribution in [0.1, 0.15) is 31.7 Å². The molecule has 0 bridgehead atoms. The van der Waals surface area contributed by atoms with Gasteiger partial charge in [0.15, 0.2) is 0 Å². The maximum absolute atomic E-state index is 13.5. The highest BCUT2D eigenvalue weighted by Gasteiger charge is 2.18. The Balaban J connectivity index is 1.85. The van der Waals surface area contributed by atoms with E-state index in [4.69, 9.17) is 0 Å². The molecule has 1 aliphatic heterocycles. The van der Waals surface area contributed by atoms with Crippen molar-refractivity contribution in [2.75, 3.05) is 25.0 Å². The fraction of sp³-hybridized carbons (Fsp3) is 0.562. The van der Waals surface area contributed by atoms with Gasteiger partial charge in [0.2, 0.25) is 0 Å². The van der Waals surface area contributed by atoms with Gasteiger partial charge in [0.05, 0.1) is 0 Å². The summed E-state index contributed by atoms with van der Waals surface area (Å²) < 4.78 is 13.5. The molecule has 0 radical (unpaired) electrons. The predicted molar refractivity (Wildman–Crippen MR) is 83.0 cm³/mol. The summed E-state index contributed by atoms with van der Waals surface area (Å²) >= 11 is 0. The van der Waals surface area contributed by atoms with Gasteiger partial charge < -0.3 is 15.5 Å². The van der Waals surface area contributed by atoms with Gasteiger partial charge in [-0.1, -0.05) is 13.0 Å². The zero-order chi connectivity index (χ0) is 15.2. The fourth-order valence-electron chi connectivity index (χ4n) is 2.58. The molecule has 1 fully saturated rings. The van der Waals surface area contributed by atoms with Crippen LogP contribution in [0.5, 0.6) is 0 Å². The quantitative estimate of drug-likeness (QED) is 0.876. The highest BCUT2D eigenvalue weighted by atomic mass is 19.1. The van der Waals surface area contributed by atoms with Crippen LogP contribution in [0.3, 0.4) is 0 Å². The summed E-state index contributed by atoms with van der Waals surface area (Å²) in [6.07, 6.45) is 3.36. The second-order valence-corrected chi connectivity index (χ2v) is 5.68. The normalized spacial score (nSPS) is 16.7. The summed E-state index contributed by atoms with van der Waals surface area (Å²) in [6, 6.07) is 4.56. The third-order valence-electron chi connectivity index (χ3n) is 3.93. The summed E-state index contributed by atoms with van der Waals surface area (Å²) in [5.41, 5.74) is 1.05. The van der Waals surface area contributed by atoms with Crippen molar-refractivity contribution in [3.63, 3.8) is 0 Å². The molecule has 1 saturated heterocycles. The lowest BCUT2D eigenvalue weighted by atomic mass is 10.2. The van der Waals surface area contributed by atoms with Gasteiger partial charge in [-0.2, -0.15) is 0 Å². The van der Waals surface area contributed by atoms with E-state index in [0.29, 0.717) is 11.3 Å². The van der Waals surface area contributed by atoms with Gasteiger partial charge in [-0.3, -0.25) is 0 Å². The molecule has 2 amide bonds. The van der Waals surface area contributed by atoms with Gasteiger partial charge in [0.25, 0.3) is 0 Å². The molecule has 1 aromatic rings. The lowest BCUT2D eigenvalue weighted by molar-refractivity contribution is 0.239. The standard InChI is InChI=1S/C16H24FN3O/c1-3-13(11-20-8-4-5-9-20)18-16(21)19-14-7-6-12(2)15(17)10-14/h6-7,10,13H,3-5,8-9,11H2,1-2H3,(H2,18,19,21)/t13-/m0/s1. The summed E-state index contributed by atoms with van der Waals surface area (Å²) in [5, 5.41) is 5.65. The van der Waals surface area contributed by atoms with E-state index in [9.17, 15) is 9.18 Å². The van der Waals surface area contributed by atoms with Crippen LogP contribution in [0, 0.1) is 12.7 Å². The predicted octanol–water partition coefficient (Wildman–Crippen LogP) is 3.13. The van der Waals surface area contributed by atoms with E-state index in [2.05, 4.69) is 22.5 Å². The number of halogens is 1. The average molecular weight is 293 g/mol. The number of rotatable bonds is 5. The van der Waals surface area contributed by atoms with E-state index in [1.807, 2.05) is 0 Å². The second kappa shape index (κ2) is 7.41. The lowest BCUT2D eigenvalue weighted by Gasteiger charge is -2.23. The molecule has 1 aromatic carbocycles. The van der Waals surface area contributed by atoms with Crippen molar-refractivity contribution in [2.24, 2.45) is 0 Å². The zero-order valence-corrected chi connectivity index (χ0v) is 12.8. The molecule has 0 aliphatic carbocycles. The molecule has 2 N–H and O–H groups in total. The van der Waals surface area contributed by atoms with Crippen molar-refractivity contribution in [3.05, 3.63) is 29.6 Å². The van der Waals surface area contributed by atoms with Gasteiger partial charge in [0, 0.05) is 18.3 Å². The van der Waals surface area contributed by atoms with Gasteiger partial charge in [-0.05, 0) is 57.0 Å². The molecule has 1 aliphatic rings. The van der Waals surface area contributed by atoms with Crippen LogP contribution in [0.15, 0.2) is 18.2 Å². The SMILES string of the molecule is CC[C@@H](CN1CCCC1)NC(=O)Nc1ccc(C)c(F)c1. The summed E-state index contributed by atoms with van der Waals surface area (Å²) in [7, 11) is 0. The first-order valence-corrected chi connectivity index (χ1v) is 7.64.